The summed E-state index contributed by atoms with van der Waals surface area (Å²) < 4.78 is 0. The number of hydrogen-bond acceptors (Lipinski definition) is 3. The number of carbonyl (C=O) groups is 2. The zero-order valence-electron chi connectivity index (χ0n) is 13.3. The molecule has 0 fully saturated rings. The van der Waals surface area contributed by atoms with Gasteiger partial charge in [-0.2, -0.15) is 0 Å². The van der Waals surface area contributed by atoms with E-state index in [2.05, 4.69) is 22.0 Å². The third kappa shape index (κ3) is 4.93. The van der Waals surface area contributed by atoms with Gasteiger partial charge in [-0.3, -0.25) is 9.59 Å². The molecule has 0 aliphatic carbocycles. The quantitative estimate of drug-likeness (QED) is 0.715. The van der Waals surface area contributed by atoms with Gasteiger partial charge in [0, 0.05) is 29.9 Å². The number of aryl methyl sites for hydroxylation is 1. The predicted molar refractivity (Wildman–Crippen MR) is 90.7 cm³/mol. The van der Waals surface area contributed by atoms with E-state index in [0.29, 0.717) is 29.9 Å². The molecular weight excluding hydrogens is 290 g/mol. The van der Waals surface area contributed by atoms with Gasteiger partial charge in [0.1, 0.15) is 0 Å². The van der Waals surface area contributed by atoms with Gasteiger partial charge in [-0.15, -0.1) is 0 Å². The smallest absolute Gasteiger partial charge is 0.255 e. The minimum atomic E-state index is -0.217. The van der Waals surface area contributed by atoms with Crippen LogP contribution in [0, 0.1) is 13.0 Å². The number of benzene rings is 2. The van der Waals surface area contributed by atoms with Crippen LogP contribution in [0.25, 0.3) is 0 Å². The molecule has 2 rings (SSSR count). The first kappa shape index (κ1) is 16.7. The summed E-state index contributed by atoms with van der Waals surface area (Å²) in [6.45, 7) is 3.20. The first-order chi connectivity index (χ1) is 11.1. The molecule has 23 heavy (non-hydrogen) atoms. The van der Waals surface area contributed by atoms with Crippen molar-refractivity contribution < 1.29 is 9.59 Å². The van der Waals surface area contributed by atoms with E-state index < -0.39 is 0 Å². The molecule has 0 aromatic heterocycles. The van der Waals surface area contributed by atoms with Crippen LogP contribution >= 0.6 is 0 Å². The fourth-order valence-electron chi connectivity index (χ4n) is 1.99. The van der Waals surface area contributed by atoms with Crippen molar-refractivity contribution in [2.45, 2.75) is 6.92 Å². The molecule has 2 aromatic carbocycles. The minimum Gasteiger partial charge on any atom is -0.351 e. The molecule has 0 saturated heterocycles. The summed E-state index contributed by atoms with van der Waals surface area (Å²) in [5.41, 5.74) is 2.66. The zero-order chi connectivity index (χ0) is 16.7. The molecule has 0 spiro atoms. The maximum atomic E-state index is 12.2. The van der Waals surface area contributed by atoms with E-state index in [1.165, 1.54) is 0 Å². The average molecular weight is 310 g/mol. The number of rotatable bonds is 6. The van der Waals surface area contributed by atoms with Crippen LogP contribution in [0.5, 0.6) is 0 Å². The second-order valence-corrected chi connectivity index (χ2v) is 5.19. The Kier molecular flexibility index (Phi) is 5.88. The number of hydrogen-bond donors (Lipinski definition) is 3. The van der Waals surface area contributed by atoms with Gasteiger partial charge in [-0.1, -0.05) is 17.7 Å². The molecule has 0 bridgehead atoms. The van der Waals surface area contributed by atoms with Crippen LogP contribution in [0.1, 0.15) is 26.3 Å². The topological polar surface area (TPSA) is 70.2 Å². The fraction of sp³-hybridized carbons (Fsp3) is 0.222. The molecular formula is C18H20N3O2. The molecule has 2 aromatic rings. The summed E-state index contributed by atoms with van der Waals surface area (Å²) in [7, 11) is 1.82. The summed E-state index contributed by atoms with van der Waals surface area (Å²) >= 11 is 0. The largest absolute Gasteiger partial charge is 0.351 e. The van der Waals surface area contributed by atoms with E-state index in [9.17, 15) is 9.59 Å². The second kappa shape index (κ2) is 8.10. The van der Waals surface area contributed by atoms with Crippen LogP contribution in [0.4, 0.5) is 5.69 Å². The average Bonchev–Trinajstić information content (AvgIpc) is 2.56. The molecule has 0 atom stereocenters. The minimum absolute atomic E-state index is 0.192. The van der Waals surface area contributed by atoms with E-state index in [1.807, 2.05) is 26.1 Å². The molecule has 0 unspecified atom stereocenters. The number of anilines is 1. The van der Waals surface area contributed by atoms with Crippen LogP contribution < -0.4 is 16.0 Å². The number of likely N-dealkylation sites (N-methyl/N-ethyl adjacent to an activating group) is 1. The monoisotopic (exact) mass is 310 g/mol. The summed E-state index contributed by atoms with van der Waals surface area (Å²) in [6.07, 6.45) is 0. The Morgan fingerprint density at radius 1 is 1.00 bits per heavy atom. The lowest BCUT2D eigenvalue weighted by Crippen LogP contribution is -2.30. The Morgan fingerprint density at radius 3 is 2.43 bits per heavy atom. The number of carbonyl (C=O) groups excluding carboxylic acids is 2. The third-order valence-electron chi connectivity index (χ3n) is 3.28. The fourth-order valence-corrected chi connectivity index (χ4v) is 1.99. The zero-order valence-corrected chi connectivity index (χ0v) is 13.3. The van der Waals surface area contributed by atoms with Gasteiger partial charge in [0.25, 0.3) is 11.8 Å². The molecule has 2 amide bonds. The van der Waals surface area contributed by atoms with Crippen molar-refractivity contribution in [2.24, 2.45) is 0 Å². The summed E-state index contributed by atoms with van der Waals surface area (Å²) in [6, 6.07) is 15.0. The standard InChI is InChI=1S/C18H20N3O2/c1-13-6-8-14(9-7-13)18(23)21-16-5-3-4-15(12-16)17(22)20-11-10-19-2/h4-9,12,19H,10-11H2,1-2H3,(H,20,22)(H,21,23). The van der Waals surface area contributed by atoms with Crippen LogP contribution in [-0.2, 0) is 0 Å². The molecule has 0 heterocycles. The maximum absolute atomic E-state index is 12.2. The van der Waals surface area contributed by atoms with Crippen LogP contribution in [-0.4, -0.2) is 32.0 Å². The van der Waals surface area contributed by atoms with Crippen LogP contribution in [0.15, 0.2) is 42.5 Å². The Labute approximate surface area is 136 Å². The van der Waals surface area contributed by atoms with E-state index in [-0.39, 0.29) is 11.8 Å². The predicted octanol–water partition coefficient (Wildman–Crippen LogP) is 2.00. The Bertz CT molecular complexity index is 681. The van der Waals surface area contributed by atoms with Crippen molar-refractivity contribution in [3.05, 3.63) is 65.2 Å². The van der Waals surface area contributed by atoms with Gasteiger partial charge >= 0.3 is 0 Å². The highest BCUT2D eigenvalue weighted by Crippen LogP contribution is 2.12. The first-order valence-electron chi connectivity index (χ1n) is 7.42. The molecule has 119 valence electrons. The maximum Gasteiger partial charge on any atom is 0.255 e. The summed E-state index contributed by atoms with van der Waals surface area (Å²) in [4.78, 5) is 24.2. The van der Waals surface area contributed by atoms with E-state index in [1.54, 1.807) is 30.3 Å². The lowest BCUT2D eigenvalue weighted by Gasteiger charge is -2.08. The summed E-state index contributed by atoms with van der Waals surface area (Å²) in [5, 5.41) is 8.52. The number of nitrogens with one attached hydrogen (secondary N) is 3. The summed E-state index contributed by atoms with van der Waals surface area (Å²) in [5.74, 6) is -0.408. The van der Waals surface area contributed by atoms with Gasteiger partial charge in [0.15, 0.2) is 0 Å². The van der Waals surface area contributed by atoms with Gasteiger partial charge in [-0.05, 0) is 50.4 Å². The van der Waals surface area contributed by atoms with Crippen LogP contribution in [0.3, 0.4) is 0 Å². The normalized spacial score (nSPS) is 10.2. The second-order valence-electron chi connectivity index (χ2n) is 5.19. The highest BCUT2D eigenvalue weighted by molar-refractivity contribution is 6.05. The highest BCUT2D eigenvalue weighted by Gasteiger charge is 2.09. The van der Waals surface area contributed by atoms with Crippen molar-refractivity contribution in [3.63, 3.8) is 0 Å². The lowest BCUT2D eigenvalue weighted by molar-refractivity contribution is 0.0952. The highest BCUT2D eigenvalue weighted by atomic mass is 16.2. The van der Waals surface area contributed by atoms with Gasteiger partial charge in [-0.25, -0.2) is 0 Å². The molecule has 0 aliphatic rings. The number of amides is 2. The van der Waals surface area contributed by atoms with Crippen molar-refractivity contribution in [1.29, 1.82) is 0 Å². The van der Waals surface area contributed by atoms with E-state index in [4.69, 9.17) is 0 Å². The Hall–Kier alpha value is -2.66. The first-order valence-corrected chi connectivity index (χ1v) is 7.42. The molecule has 1 radical (unpaired) electrons. The SMILES string of the molecule is CNCCNC(=O)c1c[c]cc(NC(=O)c2ccc(C)cc2)c1. The molecule has 3 N–H and O–H groups in total. The van der Waals surface area contributed by atoms with E-state index >= 15 is 0 Å². The molecule has 0 saturated carbocycles. The van der Waals surface area contributed by atoms with Gasteiger partial charge < -0.3 is 16.0 Å². The van der Waals surface area contributed by atoms with Crippen molar-refractivity contribution in [1.82, 2.24) is 10.6 Å². The van der Waals surface area contributed by atoms with Crippen molar-refractivity contribution >= 4 is 17.5 Å². The van der Waals surface area contributed by atoms with Gasteiger partial charge in [0.05, 0.1) is 0 Å². The molecule has 5 heteroatoms. The Balaban J connectivity index is 2.03. The van der Waals surface area contributed by atoms with Crippen LogP contribution in [0.2, 0.25) is 0 Å². The van der Waals surface area contributed by atoms with Gasteiger partial charge in [0.2, 0.25) is 0 Å². The third-order valence-corrected chi connectivity index (χ3v) is 3.28. The van der Waals surface area contributed by atoms with E-state index in [0.717, 1.165) is 5.56 Å². The molecule has 0 aliphatic heterocycles. The lowest BCUT2D eigenvalue weighted by atomic mass is 10.1. The molecule has 5 nitrogen and oxygen atoms in total. The van der Waals surface area contributed by atoms with Crippen molar-refractivity contribution in [3.8, 4) is 0 Å². The Morgan fingerprint density at radius 2 is 1.74 bits per heavy atom. The van der Waals surface area contributed by atoms with Crippen molar-refractivity contribution in [2.75, 3.05) is 25.5 Å².